The molecule has 5 nitrogen and oxygen atoms in total. The Labute approximate surface area is 151 Å². The number of hydrogen-bond acceptors (Lipinski definition) is 4. The third-order valence-electron chi connectivity index (χ3n) is 4.55. The number of anilines is 1. The fourth-order valence-corrected chi connectivity index (χ4v) is 3.60. The van der Waals surface area contributed by atoms with Crippen molar-refractivity contribution in [3.63, 3.8) is 0 Å². The van der Waals surface area contributed by atoms with Crippen LogP contribution >= 0.6 is 24.0 Å². The Morgan fingerprint density at radius 2 is 1.96 bits per heavy atom. The first-order chi connectivity index (χ1) is 11.0. The number of nitrogens with two attached hydrogens (primary N) is 1. The maximum absolute atomic E-state index is 6.37. The standard InChI is InChI=1S/C17H19ClN4O.ClH/c1-10-3-4-11(2)22(10)17-14-7-12(18)8-15(16(14)23-20-17)21-6-5-13(19)9-21;/h3-4,7-8,13H,5-6,9,19H2,1-2H3;1H. The summed E-state index contributed by atoms with van der Waals surface area (Å²) in [6.07, 6.45) is 0.977. The summed E-state index contributed by atoms with van der Waals surface area (Å²) in [4.78, 5) is 2.23. The van der Waals surface area contributed by atoms with Crippen LogP contribution in [0.25, 0.3) is 16.8 Å². The van der Waals surface area contributed by atoms with Crippen LogP contribution in [0.15, 0.2) is 28.8 Å². The van der Waals surface area contributed by atoms with E-state index in [4.69, 9.17) is 21.9 Å². The van der Waals surface area contributed by atoms with E-state index in [1.54, 1.807) is 0 Å². The van der Waals surface area contributed by atoms with Gasteiger partial charge in [0.05, 0.1) is 11.1 Å². The van der Waals surface area contributed by atoms with Gasteiger partial charge in [-0.3, -0.25) is 4.57 Å². The van der Waals surface area contributed by atoms with E-state index in [1.807, 2.05) is 12.1 Å². The fourth-order valence-electron chi connectivity index (χ4n) is 3.38. The lowest BCUT2D eigenvalue weighted by atomic mass is 10.2. The third kappa shape index (κ3) is 2.66. The molecule has 1 aromatic carbocycles. The summed E-state index contributed by atoms with van der Waals surface area (Å²) in [5.74, 6) is 0.784. The van der Waals surface area contributed by atoms with Gasteiger partial charge in [0.25, 0.3) is 0 Å². The zero-order valence-electron chi connectivity index (χ0n) is 13.6. The lowest BCUT2D eigenvalue weighted by Gasteiger charge is -2.18. The van der Waals surface area contributed by atoms with Gasteiger partial charge < -0.3 is 15.2 Å². The van der Waals surface area contributed by atoms with E-state index in [0.717, 1.165) is 53.4 Å². The van der Waals surface area contributed by atoms with Crippen LogP contribution in [-0.2, 0) is 0 Å². The molecule has 0 saturated carbocycles. The van der Waals surface area contributed by atoms with Gasteiger partial charge in [0.2, 0.25) is 0 Å². The van der Waals surface area contributed by atoms with E-state index in [0.29, 0.717) is 5.02 Å². The van der Waals surface area contributed by atoms with Crippen molar-refractivity contribution in [2.24, 2.45) is 5.73 Å². The Morgan fingerprint density at radius 1 is 1.25 bits per heavy atom. The molecule has 128 valence electrons. The molecular weight excluding hydrogens is 347 g/mol. The minimum absolute atomic E-state index is 0. The summed E-state index contributed by atoms with van der Waals surface area (Å²) in [5.41, 5.74) is 10.0. The molecule has 1 atom stereocenters. The van der Waals surface area contributed by atoms with E-state index in [-0.39, 0.29) is 18.4 Å². The maximum atomic E-state index is 6.37. The molecule has 0 spiro atoms. The fraction of sp³-hybridized carbons (Fsp3) is 0.353. The molecule has 0 amide bonds. The summed E-state index contributed by atoms with van der Waals surface area (Å²) in [7, 11) is 0. The van der Waals surface area contributed by atoms with E-state index >= 15 is 0 Å². The van der Waals surface area contributed by atoms with Crippen LogP contribution in [0.4, 0.5) is 5.69 Å². The smallest absolute Gasteiger partial charge is 0.192 e. The number of halogens is 2. The third-order valence-corrected chi connectivity index (χ3v) is 4.76. The molecule has 0 radical (unpaired) electrons. The van der Waals surface area contributed by atoms with Gasteiger partial charge in [-0.1, -0.05) is 16.8 Å². The van der Waals surface area contributed by atoms with Gasteiger partial charge in [-0.15, -0.1) is 12.4 Å². The SMILES string of the molecule is Cc1ccc(C)n1-c1noc2c(N3CCC(N)C3)cc(Cl)cc12.Cl. The number of aromatic nitrogens is 2. The first-order valence-electron chi connectivity index (χ1n) is 7.79. The van der Waals surface area contributed by atoms with Crippen LogP contribution in [0.1, 0.15) is 17.8 Å². The predicted octanol–water partition coefficient (Wildman–Crippen LogP) is 3.85. The Hall–Kier alpha value is -1.69. The van der Waals surface area contributed by atoms with Gasteiger partial charge in [-0.25, -0.2) is 0 Å². The zero-order valence-corrected chi connectivity index (χ0v) is 15.2. The molecule has 1 unspecified atom stereocenters. The molecule has 3 aromatic rings. The summed E-state index contributed by atoms with van der Waals surface area (Å²) in [6, 6.07) is 8.19. The van der Waals surface area contributed by atoms with Gasteiger partial charge in [0, 0.05) is 35.5 Å². The lowest BCUT2D eigenvalue weighted by Crippen LogP contribution is -2.26. The van der Waals surface area contributed by atoms with Crippen molar-refractivity contribution < 1.29 is 4.52 Å². The Morgan fingerprint density at radius 3 is 2.58 bits per heavy atom. The van der Waals surface area contributed by atoms with Crippen molar-refractivity contribution in [1.29, 1.82) is 0 Å². The molecule has 2 N–H and O–H groups in total. The van der Waals surface area contributed by atoms with Gasteiger partial charge in [-0.2, -0.15) is 0 Å². The Kier molecular flexibility index (Phi) is 4.51. The van der Waals surface area contributed by atoms with Crippen LogP contribution in [0.3, 0.4) is 0 Å². The molecule has 3 heterocycles. The predicted molar refractivity (Wildman–Crippen MR) is 99.9 cm³/mol. The highest BCUT2D eigenvalue weighted by Crippen LogP contribution is 2.36. The summed E-state index contributed by atoms with van der Waals surface area (Å²) < 4.78 is 7.79. The van der Waals surface area contributed by atoms with Gasteiger partial charge in [-0.05, 0) is 44.5 Å². The average molecular weight is 367 g/mol. The summed E-state index contributed by atoms with van der Waals surface area (Å²) in [5, 5.41) is 5.93. The molecule has 24 heavy (non-hydrogen) atoms. The minimum atomic E-state index is 0. The van der Waals surface area contributed by atoms with Crippen LogP contribution in [0.5, 0.6) is 0 Å². The molecule has 1 aliphatic heterocycles. The number of nitrogens with zero attached hydrogens (tertiary/aromatic N) is 3. The average Bonchev–Trinajstić information content (AvgIpc) is 3.19. The summed E-state index contributed by atoms with van der Waals surface area (Å²) in [6.45, 7) is 5.83. The van der Waals surface area contributed by atoms with E-state index in [1.165, 1.54) is 0 Å². The zero-order chi connectivity index (χ0) is 16.1. The number of benzene rings is 1. The number of rotatable bonds is 2. The topological polar surface area (TPSA) is 60.2 Å². The van der Waals surface area contributed by atoms with Crippen LogP contribution in [-0.4, -0.2) is 28.9 Å². The highest BCUT2D eigenvalue weighted by molar-refractivity contribution is 6.32. The van der Waals surface area contributed by atoms with E-state index in [2.05, 4.69) is 40.6 Å². The number of hydrogen-bond donors (Lipinski definition) is 1. The molecular formula is C17H20Cl2N4O. The molecule has 0 bridgehead atoms. The summed E-state index contributed by atoms with van der Waals surface area (Å²) >= 11 is 6.37. The normalized spacial score (nSPS) is 17.5. The Bertz CT molecular complexity index is 867. The second-order valence-corrected chi connectivity index (χ2v) is 6.69. The molecule has 1 fully saturated rings. The van der Waals surface area contributed by atoms with Crippen molar-refractivity contribution in [3.8, 4) is 5.82 Å². The largest absolute Gasteiger partial charge is 0.367 e. The highest BCUT2D eigenvalue weighted by atomic mass is 35.5. The van der Waals surface area contributed by atoms with Crippen molar-refractivity contribution in [2.75, 3.05) is 18.0 Å². The Balaban J connectivity index is 0.00000169. The van der Waals surface area contributed by atoms with Crippen molar-refractivity contribution >= 4 is 40.7 Å². The number of fused-ring (bicyclic) bond motifs is 1. The first-order valence-corrected chi connectivity index (χ1v) is 8.17. The second-order valence-electron chi connectivity index (χ2n) is 6.25. The van der Waals surface area contributed by atoms with Gasteiger partial charge in [0.1, 0.15) is 0 Å². The molecule has 4 rings (SSSR count). The minimum Gasteiger partial charge on any atom is -0.367 e. The van der Waals surface area contributed by atoms with E-state index < -0.39 is 0 Å². The van der Waals surface area contributed by atoms with Crippen LogP contribution in [0.2, 0.25) is 5.02 Å². The van der Waals surface area contributed by atoms with E-state index in [9.17, 15) is 0 Å². The van der Waals surface area contributed by atoms with Crippen molar-refractivity contribution in [1.82, 2.24) is 9.72 Å². The second kappa shape index (κ2) is 6.31. The quantitative estimate of drug-likeness (QED) is 0.748. The lowest BCUT2D eigenvalue weighted by molar-refractivity contribution is 0.451. The molecule has 1 saturated heterocycles. The maximum Gasteiger partial charge on any atom is 0.192 e. The van der Waals surface area contributed by atoms with Crippen LogP contribution < -0.4 is 10.6 Å². The van der Waals surface area contributed by atoms with Gasteiger partial charge in [0.15, 0.2) is 11.4 Å². The molecule has 0 aliphatic carbocycles. The first kappa shape index (κ1) is 17.1. The highest BCUT2D eigenvalue weighted by Gasteiger charge is 2.25. The number of aryl methyl sites for hydroxylation is 2. The van der Waals surface area contributed by atoms with Gasteiger partial charge >= 0.3 is 0 Å². The molecule has 7 heteroatoms. The molecule has 1 aliphatic rings. The van der Waals surface area contributed by atoms with Crippen molar-refractivity contribution in [2.45, 2.75) is 26.3 Å². The van der Waals surface area contributed by atoms with Crippen molar-refractivity contribution in [3.05, 3.63) is 40.7 Å². The monoisotopic (exact) mass is 366 g/mol. The van der Waals surface area contributed by atoms with Crippen LogP contribution in [0, 0.1) is 13.8 Å². The molecule has 2 aromatic heterocycles.